The Bertz CT molecular complexity index is 403. The summed E-state index contributed by atoms with van der Waals surface area (Å²) in [7, 11) is 0. The monoisotopic (exact) mass is 196 g/mol. The molecule has 0 radical (unpaired) electrons. The number of carbonyl (C=O) groups excluding carboxylic acids is 1. The van der Waals surface area contributed by atoms with Crippen LogP contribution in [0, 0.1) is 6.92 Å². The lowest BCUT2D eigenvalue weighted by Crippen LogP contribution is -2.09. The van der Waals surface area contributed by atoms with E-state index in [0.29, 0.717) is 23.7 Å². The second-order valence-electron chi connectivity index (χ2n) is 2.85. The van der Waals surface area contributed by atoms with Gasteiger partial charge in [-0.15, -0.1) is 0 Å². The summed E-state index contributed by atoms with van der Waals surface area (Å²) in [5.74, 6) is 0.428. The van der Waals surface area contributed by atoms with E-state index in [1.165, 1.54) is 13.0 Å². The molecule has 0 fully saturated rings. The summed E-state index contributed by atoms with van der Waals surface area (Å²) in [6, 6.07) is 1.19. The highest BCUT2D eigenvalue weighted by molar-refractivity contribution is 5.97. The number of hydrogen-bond acceptors (Lipinski definition) is 4. The van der Waals surface area contributed by atoms with Gasteiger partial charge in [0.1, 0.15) is 11.5 Å². The molecule has 76 valence electrons. The highest BCUT2D eigenvalue weighted by atomic mass is 16.5. The summed E-state index contributed by atoms with van der Waals surface area (Å²) in [6.45, 7) is 5.17. The number of rotatable bonds is 3. The zero-order valence-corrected chi connectivity index (χ0v) is 8.42. The van der Waals surface area contributed by atoms with Crippen molar-refractivity contribution < 1.29 is 13.9 Å². The van der Waals surface area contributed by atoms with Gasteiger partial charge in [0.25, 0.3) is 0 Å². The fourth-order valence-electron chi connectivity index (χ4n) is 1.27. The van der Waals surface area contributed by atoms with E-state index in [4.69, 9.17) is 9.15 Å². The second-order valence-corrected chi connectivity index (χ2v) is 2.85. The number of carbonyl (C=O) groups is 1. The third-order valence-electron chi connectivity index (χ3n) is 1.75. The molecule has 0 N–H and O–H groups in total. The number of hydrogen-bond donors (Lipinski definition) is 0. The number of Topliss-reactive ketones (excluding diaryl/α,β-unsaturated/α-hetero) is 1. The maximum Gasteiger partial charge on any atom is 0.339 e. The normalized spacial score (nSPS) is 9.93. The third kappa shape index (κ3) is 2.02. The van der Waals surface area contributed by atoms with Crippen LogP contribution >= 0.6 is 0 Å². The van der Waals surface area contributed by atoms with Gasteiger partial charge in [-0.05, 0) is 20.8 Å². The van der Waals surface area contributed by atoms with Crippen LogP contribution in [0.5, 0.6) is 5.75 Å². The van der Waals surface area contributed by atoms with Crippen molar-refractivity contribution in [2.75, 3.05) is 6.61 Å². The Balaban J connectivity index is 3.36. The van der Waals surface area contributed by atoms with Crippen molar-refractivity contribution in [2.24, 2.45) is 0 Å². The van der Waals surface area contributed by atoms with E-state index in [9.17, 15) is 9.59 Å². The average Bonchev–Trinajstić information content (AvgIpc) is 2.01. The van der Waals surface area contributed by atoms with Crippen LogP contribution in [-0.2, 0) is 0 Å². The van der Waals surface area contributed by atoms with Crippen molar-refractivity contribution in [3.05, 3.63) is 27.8 Å². The molecule has 0 saturated heterocycles. The minimum absolute atomic E-state index is 0.172. The van der Waals surface area contributed by atoms with Gasteiger partial charge in [0.2, 0.25) is 0 Å². The first kappa shape index (κ1) is 10.5. The minimum atomic E-state index is -0.504. The molecule has 0 spiro atoms. The molecule has 4 heteroatoms. The van der Waals surface area contributed by atoms with Gasteiger partial charge in [-0.1, -0.05) is 0 Å². The fourth-order valence-corrected chi connectivity index (χ4v) is 1.27. The maximum atomic E-state index is 11.2. The fraction of sp³-hybridized carbons (Fsp3) is 0.400. The second kappa shape index (κ2) is 4.09. The largest absolute Gasteiger partial charge is 0.493 e. The van der Waals surface area contributed by atoms with E-state index < -0.39 is 5.63 Å². The molecule has 1 aromatic rings. The van der Waals surface area contributed by atoms with Crippen LogP contribution in [0.15, 0.2) is 15.3 Å². The first-order valence-corrected chi connectivity index (χ1v) is 4.34. The van der Waals surface area contributed by atoms with Gasteiger partial charge in [-0.25, -0.2) is 4.79 Å². The van der Waals surface area contributed by atoms with Gasteiger partial charge in [0, 0.05) is 0 Å². The van der Waals surface area contributed by atoms with Crippen LogP contribution in [0.4, 0.5) is 0 Å². The first-order chi connectivity index (χ1) is 6.56. The molecular weight excluding hydrogens is 184 g/mol. The summed E-state index contributed by atoms with van der Waals surface area (Å²) in [6.07, 6.45) is 0. The van der Waals surface area contributed by atoms with Crippen LogP contribution in [0.3, 0.4) is 0 Å². The molecule has 0 aromatic carbocycles. The molecule has 0 bridgehead atoms. The highest BCUT2D eigenvalue weighted by Crippen LogP contribution is 2.20. The van der Waals surface area contributed by atoms with E-state index in [2.05, 4.69) is 0 Å². The summed E-state index contributed by atoms with van der Waals surface area (Å²) in [4.78, 5) is 22.2. The summed E-state index contributed by atoms with van der Waals surface area (Å²) < 4.78 is 9.98. The lowest BCUT2D eigenvalue weighted by Gasteiger charge is -2.08. The molecule has 0 amide bonds. The molecule has 0 unspecified atom stereocenters. The molecular formula is C10H12O4. The molecule has 1 heterocycles. The van der Waals surface area contributed by atoms with E-state index in [0.717, 1.165) is 0 Å². The quantitative estimate of drug-likeness (QED) is 0.688. The summed E-state index contributed by atoms with van der Waals surface area (Å²) >= 11 is 0. The van der Waals surface area contributed by atoms with Crippen LogP contribution in [-0.4, -0.2) is 12.4 Å². The van der Waals surface area contributed by atoms with Gasteiger partial charge >= 0.3 is 5.63 Å². The molecule has 0 aliphatic rings. The van der Waals surface area contributed by atoms with Gasteiger partial charge < -0.3 is 9.15 Å². The van der Waals surface area contributed by atoms with Gasteiger partial charge in [-0.3, -0.25) is 4.79 Å². The Morgan fingerprint density at radius 2 is 2.21 bits per heavy atom. The highest BCUT2D eigenvalue weighted by Gasteiger charge is 2.14. The van der Waals surface area contributed by atoms with Crippen molar-refractivity contribution in [3.8, 4) is 5.75 Å². The molecule has 0 saturated carbocycles. The Morgan fingerprint density at radius 1 is 1.57 bits per heavy atom. The molecule has 1 rings (SSSR count). The number of aryl methyl sites for hydroxylation is 1. The Morgan fingerprint density at radius 3 is 2.71 bits per heavy atom. The van der Waals surface area contributed by atoms with E-state index in [1.54, 1.807) is 13.8 Å². The van der Waals surface area contributed by atoms with Gasteiger partial charge in [0.15, 0.2) is 5.78 Å². The van der Waals surface area contributed by atoms with Crippen molar-refractivity contribution in [3.63, 3.8) is 0 Å². The average molecular weight is 196 g/mol. The summed E-state index contributed by atoms with van der Waals surface area (Å²) in [5, 5.41) is 0. The smallest absolute Gasteiger partial charge is 0.339 e. The number of ether oxygens (including phenoxy) is 1. The van der Waals surface area contributed by atoms with E-state index >= 15 is 0 Å². The molecule has 0 aliphatic carbocycles. The molecule has 4 nitrogen and oxygen atoms in total. The Labute approximate surface area is 81.5 Å². The van der Waals surface area contributed by atoms with Gasteiger partial charge in [-0.2, -0.15) is 0 Å². The van der Waals surface area contributed by atoms with Crippen molar-refractivity contribution in [1.82, 2.24) is 0 Å². The molecule has 14 heavy (non-hydrogen) atoms. The summed E-state index contributed by atoms with van der Waals surface area (Å²) in [5.41, 5.74) is -0.164. The lowest BCUT2D eigenvalue weighted by molar-refractivity contribution is 0.101. The van der Waals surface area contributed by atoms with E-state index in [1.807, 2.05) is 0 Å². The number of ketones is 1. The maximum absolute atomic E-state index is 11.2. The molecule has 0 aliphatic heterocycles. The Hall–Kier alpha value is -1.58. The lowest BCUT2D eigenvalue weighted by atomic mass is 10.1. The SMILES string of the molecule is CCOc1cc(=O)oc(C)c1C(C)=O. The zero-order valence-electron chi connectivity index (χ0n) is 8.42. The van der Waals surface area contributed by atoms with E-state index in [-0.39, 0.29) is 5.78 Å². The third-order valence-corrected chi connectivity index (χ3v) is 1.75. The molecule has 1 aromatic heterocycles. The zero-order chi connectivity index (χ0) is 10.7. The molecule has 0 atom stereocenters. The Kier molecular flexibility index (Phi) is 3.06. The topological polar surface area (TPSA) is 56.5 Å². The van der Waals surface area contributed by atoms with Crippen molar-refractivity contribution in [2.45, 2.75) is 20.8 Å². The predicted octanol–water partition coefficient (Wildman–Crippen LogP) is 1.55. The van der Waals surface area contributed by atoms with Crippen molar-refractivity contribution >= 4 is 5.78 Å². The minimum Gasteiger partial charge on any atom is -0.493 e. The van der Waals surface area contributed by atoms with Crippen molar-refractivity contribution in [1.29, 1.82) is 0 Å². The van der Waals surface area contributed by atoms with Gasteiger partial charge in [0.05, 0.1) is 18.2 Å². The predicted molar refractivity (Wildman–Crippen MR) is 50.9 cm³/mol. The van der Waals surface area contributed by atoms with Crippen LogP contribution in [0.1, 0.15) is 30.0 Å². The van der Waals surface area contributed by atoms with Crippen LogP contribution in [0.25, 0.3) is 0 Å². The van der Waals surface area contributed by atoms with Crippen LogP contribution in [0.2, 0.25) is 0 Å². The standard InChI is InChI=1S/C10H12O4/c1-4-13-8-5-9(12)14-7(3)10(8)6(2)11/h5H,4H2,1-3H3. The van der Waals surface area contributed by atoms with Crippen LogP contribution < -0.4 is 10.4 Å². The first-order valence-electron chi connectivity index (χ1n) is 4.34.